The first-order valence-corrected chi connectivity index (χ1v) is 12.1. The Morgan fingerprint density at radius 2 is 1.72 bits per heavy atom. The Labute approximate surface area is 187 Å². The summed E-state index contributed by atoms with van der Waals surface area (Å²) in [4.78, 5) is 24.6. The van der Waals surface area contributed by atoms with E-state index in [2.05, 4.69) is 44.7 Å². The van der Waals surface area contributed by atoms with Crippen molar-refractivity contribution in [2.45, 2.75) is 63.7 Å². The van der Waals surface area contributed by atoms with Crippen molar-refractivity contribution in [2.75, 3.05) is 23.3 Å². The molecule has 2 aliphatic carbocycles. The summed E-state index contributed by atoms with van der Waals surface area (Å²) in [6.45, 7) is 2.30. The van der Waals surface area contributed by atoms with E-state index in [-0.39, 0.29) is 5.56 Å². The van der Waals surface area contributed by atoms with Gasteiger partial charge in [-0.3, -0.25) is 4.79 Å². The number of H-pyrrole nitrogens is 1. The number of nitrogens with zero attached hydrogens (tertiary/aromatic N) is 4. The van der Waals surface area contributed by atoms with E-state index in [0.29, 0.717) is 28.1 Å². The average molecular weight is 431 g/mol. The van der Waals surface area contributed by atoms with Crippen molar-refractivity contribution < 1.29 is 0 Å². The van der Waals surface area contributed by atoms with Crippen molar-refractivity contribution in [3.05, 3.63) is 46.6 Å². The highest BCUT2D eigenvalue weighted by Crippen LogP contribution is 2.53. The Hall–Kier alpha value is -2.96. The van der Waals surface area contributed by atoms with Gasteiger partial charge in [-0.1, -0.05) is 19.3 Å². The van der Waals surface area contributed by atoms with Gasteiger partial charge in [0.2, 0.25) is 0 Å². The molecule has 3 heterocycles. The van der Waals surface area contributed by atoms with E-state index < -0.39 is 0 Å². The van der Waals surface area contributed by atoms with E-state index in [9.17, 15) is 4.79 Å². The SMILES string of the molecule is O=c1[nH]ncc2nc(C3CCCCC3)nc(Nc3ccc(N4CCC5(CC4)CC5)cc3)c12. The van der Waals surface area contributed by atoms with Gasteiger partial charge in [0.05, 0.1) is 6.20 Å². The number of anilines is 3. The molecule has 0 amide bonds. The van der Waals surface area contributed by atoms with Gasteiger partial charge < -0.3 is 10.2 Å². The first kappa shape index (κ1) is 19.7. The van der Waals surface area contributed by atoms with E-state index in [4.69, 9.17) is 9.97 Å². The van der Waals surface area contributed by atoms with Gasteiger partial charge >= 0.3 is 0 Å². The van der Waals surface area contributed by atoms with E-state index in [1.54, 1.807) is 6.20 Å². The number of hydrogen-bond donors (Lipinski definition) is 2. The van der Waals surface area contributed by atoms with Gasteiger partial charge in [-0.15, -0.1) is 0 Å². The zero-order valence-electron chi connectivity index (χ0n) is 18.4. The molecule has 166 valence electrons. The van der Waals surface area contributed by atoms with E-state index in [0.717, 1.165) is 37.4 Å². The van der Waals surface area contributed by atoms with Gasteiger partial charge in [-0.25, -0.2) is 15.1 Å². The molecule has 7 heteroatoms. The fraction of sp³-hybridized carbons (Fsp3) is 0.520. The zero-order valence-corrected chi connectivity index (χ0v) is 18.4. The minimum absolute atomic E-state index is 0.265. The van der Waals surface area contributed by atoms with Crippen LogP contribution in [0.1, 0.15) is 69.5 Å². The summed E-state index contributed by atoms with van der Waals surface area (Å²) in [6, 6.07) is 8.51. The maximum Gasteiger partial charge on any atom is 0.277 e. The van der Waals surface area contributed by atoms with Crippen LogP contribution in [0.15, 0.2) is 35.3 Å². The van der Waals surface area contributed by atoms with Crippen LogP contribution in [0.2, 0.25) is 0 Å². The van der Waals surface area contributed by atoms with Gasteiger partial charge in [0.15, 0.2) is 0 Å². The van der Waals surface area contributed by atoms with Crippen molar-refractivity contribution in [3.8, 4) is 0 Å². The molecule has 32 heavy (non-hydrogen) atoms. The Kier molecular flexibility index (Phi) is 4.85. The van der Waals surface area contributed by atoms with Gasteiger partial charge in [0, 0.05) is 30.4 Å². The van der Waals surface area contributed by atoms with E-state index in [1.807, 2.05) is 0 Å². The van der Waals surface area contributed by atoms with Gasteiger partial charge in [0.1, 0.15) is 22.5 Å². The summed E-state index contributed by atoms with van der Waals surface area (Å²) >= 11 is 0. The smallest absolute Gasteiger partial charge is 0.277 e. The van der Waals surface area contributed by atoms with Crippen LogP contribution in [0.4, 0.5) is 17.2 Å². The van der Waals surface area contributed by atoms with E-state index >= 15 is 0 Å². The molecule has 3 aliphatic rings. The topological polar surface area (TPSA) is 86.8 Å². The normalized spacial score (nSPS) is 20.6. The Morgan fingerprint density at radius 1 is 0.969 bits per heavy atom. The molecule has 0 atom stereocenters. The molecule has 2 saturated carbocycles. The molecule has 2 aromatic heterocycles. The Bertz CT molecular complexity index is 1170. The van der Waals surface area contributed by atoms with Crippen LogP contribution >= 0.6 is 0 Å². The lowest BCUT2D eigenvalue weighted by Crippen LogP contribution is -2.34. The Morgan fingerprint density at radius 3 is 2.44 bits per heavy atom. The monoisotopic (exact) mass is 430 g/mol. The third-order valence-corrected chi connectivity index (χ3v) is 7.78. The molecule has 1 aliphatic heterocycles. The van der Waals surface area contributed by atoms with Crippen molar-refractivity contribution in [2.24, 2.45) is 5.41 Å². The second kappa shape index (κ2) is 7.87. The summed E-state index contributed by atoms with van der Waals surface area (Å²) in [7, 11) is 0. The molecule has 0 bridgehead atoms. The third kappa shape index (κ3) is 3.74. The van der Waals surface area contributed by atoms with Crippen LogP contribution in [0.5, 0.6) is 0 Å². The molecule has 0 radical (unpaired) electrons. The van der Waals surface area contributed by atoms with Crippen LogP contribution in [-0.4, -0.2) is 33.3 Å². The second-order valence-corrected chi connectivity index (χ2v) is 9.88. The van der Waals surface area contributed by atoms with Crippen LogP contribution in [-0.2, 0) is 0 Å². The molecule has 3 aromatic rings. The number of rotatable bonds is 4. The number of fused-ring (bicyclic) bond motifs is 1. The molecule has 7 nitrogen and oxygen atoms in total. The summed E-state index contributed by atoms with van der Waals surface area (Å²) in [5.41, 5.74) is 3.22. The standard InChI is InChI=1S/C25H30N6O/c32-24-21-20(16-26-30-24)28-22(17-4-2-1-3-5-17)29-23(21)27-18-6-8-19(9-7-18)31-14-12-25(10-11-25)13-15-31/h6-9,16-17H,1-5,10-15H2,(H,30,32)(H,27,28,29). The summed E-state index contributed by atoms with van der Waals surface area (Å²) < 4.78 is 0. The van der Waals surface area contributed by atoms with Gasteiger partial charge in [-0.2, -0.15) is 5.10 Å². The van der Waals surface area contributed by atoms with Crippen LogP contribution < -0.4 is 15.8 Å². The molecule has 1 aromatic carbocycles. The summed E-state index contributed by atoms with van der Waals surface area (Å²) in [5, 5.41) is 10.4. The molecule has 6 rings (SSSR count). The lowest BCUT2D eigenvalue weighted by atomic mass is 9.88. The van der Waals surface area contributed by atoms with Crippen LogP contribution in [0.25, 0.3) is 10.9 Å². The Balaban J connectivity index is 1.27. The molecular weight excluding hydrogens is 400 g/mol. The average Bonchev–Trinajstić information content (AvgIpc) is 3.59. The molecule has 1 spiro atoms. The lowest BCUT2D eigenvalue weighted by molar-refractivity contribution is 0.384. The molecule has 0 unspecified atom stereocenters. The number of hydrogen-bond acceptors (Lipinski definition) is 6. The van der Waals surface area contributed by atoms with Crippen molar-refractivity contribution >= 4 is 28.1 Å². The maximum absolute atomic E-state index is 12.6. The molecular formula is C25H30N6O. The first-order chi connectivity index (χ1) is 15.7. The number of benzene rings is 1. The number of aromatic amines is 1. The summed E-state index contributed by atoms with van der Waals surface area (Å²) in [6.07, 6.45) is 13.0. The lowest BCUT2D eigenvalue weighted by Gasteiger charge is -2.33. The van der Waals surface area contributed by atoms with Crippen molar-refractivity contribution in [1.29, 1.82) is 0 Å². The van der Waals surface area contributed by atoms with Crippen molar-refractivity contribution in [1.82, 2.24) is 20.2 Å². The molecule has 1 saturated heterocycles. The second-order valence-electron chi connectivity index (χ2n) is 9.88. The van der Waals surface area contributed by atoms with Gasteiger partial charge in [-0.05, 0) is 68.2 Å². The van der Waals surface area contributed by atoms with Crippen LogP contribution in [0, 0.1) is 5.41 Å². The third-order valence-electron chi connectivity index (χ3n) is 7.78. The quantitative estimate of drug-likeness (QED) is 0.613. The number of piperidine rings is 1. The highest BCUT2D eigenvalue weighted by molar-refractivity contribution is 5.89. The fourth-order valence-corrected chi connectivity index (χ4v) is 5.46. The fourth-order valence-electron chi connectivity index (χ4n) is 5.46. The summed E-state index contributed by atoms with van der Waals surface area (Å²) in [5.74, 6) is 1.75. The van der Waals surface area contributed by atoms with Crippen molar-refractivity contribution in [3.63, 3.8) is 0 Å². The minimum Gasteiger partial charge on any atom is -0.371 e. The molecule has 3 fully saturated rings. The number of nitrogens with one attached hydrogen (secondary N) is 2. The highest BCUT2D eigenvalue weighted by atomic mass is 16.1. The maximum atomic E-state index is 12.6. The highest BCUT2D eigenvalue weighted by Gasteiger charge is 2.44. The van der Waals surface area contributed by atoms with Gasteiger partial charge in [0.25, 0.3) is 5.56 Å². The van der Waals surface area contributed by atoms with E-state index in [1.165, 1.54) is 50.6 Å². The largest absolute Gasteiger partial charge is 0.371 e. The minimum atomic E-state index is -0.265. The zero-order chi connectivity index (χ0) is 21.5. The van der Waals surface area contributed by atoms with Crippen LogP contribution in [0.3, 0.4) is 0 Å². The molecule has 2 N–H and O–H groups in total. The predicted octanol–water partition coefficient (Wildman–Crippen LogP) is 4.88. The predicted molar refractivity (Wildman–Crippen MR) is 127 cm³/mol. The number of aromatic nitrogens is 4. The first-order valence-electron chi connectivity index (χ1n) is 12.1.